The van der Waals surface area contributed by atoms with Crippen molar-refractivity contribution in [1.29, 1.82) is 0 Å². The number of hydrogen-bond acceptors (Lipinski definition) is 6. The lowest BCUT2D eigenvalue weighted by Gasteiger charge is -2.33. The van der Waals surface area contributed by atoms with Crippen LogP contribution < -0.4 is 25.0 Å². The third-order valence-electron chi connectivity index (χ3n) is 8.97. The Kier molecular flexibility index (Phi) is 8.35. The predicted octanol–water partition coefficient (Wildman–Crippen LogP) is 5.48. The van der Waals surface area contributed by atoms with E-state index in [2.05, 4.69) is 45.9 Å². The molecule has 3 heterocycles. The predicted molar refractivity (Wildman–Crippen MR) is 172 cm³/mol. The van der Waals surface area contributed by atoms with Crippen molar-refractivity contribution in [3.8, 4) is 22.6 Å². The highest BCUT2D eigenvalue weighted by Gasteiger charge is 2.27. The SMILES string of the molecule is O=C(c1ccc(O[C@H]2CCNC2)c(-c2ccc3ccccc3c2)c1)N1CCC(Oc2cc(F)cc(N3CCNCC3)c2)CC1. The van der Waals surface area contributed by atoms with Gasteiger partial charge in [0.05, 0.1) is 0 Å². The van der Waals surface area contributed by atoms with Crippen LogP contribution in [0, 0.1) is 5.82 Å². The number of halogens is 1. The fourth-order valence-electron chi connectivity index (χ4n) is 6.53. The lowest BCUT2D eigenvalue weighted by atomic mass is 9.98. The van der Waals surface area contributed by atoms with Gasteiger partial charge in [0.25, 0.3) is 5.91 Å². The average Bonchev–Trinajstić information content (AvgIpc) is 3.58. The summed E-state index contributed by atoms with van der Waals surface area (Å²) in [5.74, 6) is 1.07. The maximum Gasteiger partial charge on any atom is 0.253 e. The van der Waals surface area contributed by atoms with Crippen molar-refractivity contribution < 1.29 is 18.7 Å². The zero-order valence-corrected chi connectivity index (χ0v) is 24.9. The lowest BCUT2D eigenvalue weighted by Crippen LogP contribution is -2.43. The molecule has 7 rings (SSSR count). The number of carbonyl (C=O) groups excluding carboxylic acids is 1. The molecule has 0 unspecified atom stereocenters. The number of carbonyl (C=O) groups is 1. The molecule has 0 aliphatic carbocycles. The second-order valence-corrected chi connectivity index (χ2v) is 12.0. The minimum Gasteiger partial charge on any atom is -0.490 e. The molecule has 1 amide bonds. The Hall–Kier alpha value is -4.14. The van der Waals surface area contributed by atoms with Gasteiger partial charge in [0, 0.05) is 87.6 Å². The minimum absolute atomic E-state index is 0.00585. The van der Waals surface area contributed by atoms with Crippen LogP contribution in [0.2, 0.25) is 0 Å². The van der Waals surface area contributed by atoms with Crippen molar-refractivity contribution in [2.75, 3.05) is 57.3 Å². The molecule has 3 saturated heterocycles. The first kappa shape index (κ1) is 28.6. The van der Waals surface area contributed by atoms with Gasteiger partial charge in [0.2, 0.25) is 0 Å². The van der Waals surface area contributed by atoms with E-state index in [0.29, 0.717) is 37.2 Å². The molecule has 0 spiro atoms. The largest absolute Gasteiger partial charge is 0.490 e. The highest BCUT2D eigenvalue weighted by molar-refractivity contribution is 5.97. The molecule has 2 N–H and O–H groups in total. The Morgan fingerprint density at radius 2 is 1.57 bits per heavy atom. The molecule has 3 fully saturated rings. The van der Waals surface area contributed by atoms with Crippen molar-refractivity contribution >= 4 is 22.4 Å². The molecule has 0 aromatic heterocycles. The number of anilines is 1. The van der Waals surface area contributed by atoms with Gasteiger partial charge in [-0.15, -0.1) is 0 Å². The van der Waals surface area contributed by atoms with Crippen LogP contribution in [0.15, 0.2) is 78.9 Å². The summed E-state index contributed by atoms with van der Waals surface area (Å²) in [7, 11) is 0. The summed E-state index contributed by atoms with van der Waals surface area (Å²) in [6.07, 6.45) is 2.39. The number of fused-ring (bicyclic) bond motifs is 1. The molecule has 228 valence electrons. The van der Waals surface area contributed by atoms with Crippen molar-refractivity contribution in [3.63, 3.8) is 0 Å². The molecule has 44 heavy (non-hydrogen) atoms. The number of amides is 1. The molecule has 0 saturated carbocycles. The highest BCUT2D eigenvalue weighted by Crippen LogP contribution is 2.35. The van der Waals surface area contributed by atoms with Gasteiger partial charge in [-0.1, -0.05) is 36.4 Å². The van der Waals surface area contributed by atoms with E-state index in [0.717, 1.165) is 73.6 Å². The molecular weight excluding hydrogens is 555 g/mol. The van der Waals surface area contributed by atoms with Gasteiger partial charge in [-0.3, -0.25) is 4.79 Å². The molecule has 3 aliphatic heterocycles. The van der Waals surface area contributed by atoms with Gasteiger partial charge < -0.3 is 29.9 Å². The van der Waals surface area contributed by atoms with Gasteiger partial charge in [0.1, 0.15) is 29.5 Å². The quantitative estimate of drug-likeness (QED) is 0.296. The fraction of sp³-hybridized carbons (Fsp3) is 0.361. The number of ether oxygens (including phenoxy) is 2. The number of piperazine rings is 1. The first-order valence-corrected chi connectivity index (χ1v) is 15.8. The van der Waals surface area contributed by atoms with E-state index in [1.54, 1.807) is 6.07 Å². The molecule has 0 bridgehead atoms. The van der Waals surface area contributed by atoms with Crippen molar-refractivity contribution in [1.82, 2.24) is 15.5 Å². The second-order valence-electron chi connectivity index (χ2n) is 12.0. The maximum absolute atomic E-state index is 14.5. The molecule has 1 atom stereocenters. The molecule has 4 aromatic carbocycles. The van der Waals surface area contributed by atoms with E-state index in [-0.39, 0.29) is 23.9 Å². The topological polar surface area (TPSA) is 66.1 Å². The van der Waals surface area contributed by atoms with Crippen LogP contribution in [0.25, 0.3) is 21.9 Å². The van der Waals surface area contributed by atoms with Gasteiger partial charge >= 0.3 is 0 Å². The number of likely N-dealkylation sites (tertiary alicyclic amines) is 1. The van der Waals surface area contributed by atoms with Crippen LogP contribution in [-0.4, -0.2) is 75.4 Å². The van der Waals surface area contributed by atoms with E-state index >= 15 is 0 Å². The van der Waals surface area contributed by atoms with Crippen molar-refractivity contribution in [2.24, 2.45) is 0 Å². The summed E-state index contributed by atoms with van der Waals surface area (Å²) >= 11 is 0. The minimum atomic E-state index is -0.289. The van der Waals surface area contributed by atoms with Crippen molar-refractivity contribution in [2.45, 2.75) is 31.5 Å². The van der Waals surface area contributed by atoms with Crippen LogP contribution in [0.3, 0.4) is 0 Å². The Morgan fingerprint density at radius 1 is 0.750 bits per heavy atom. The van der Waals surface area contributed by atoms with E-state index < -0.39 is 0 Å². The maximum atomic E-state index is 14.5. The second kappa shape index (κ2) is 12.8. The zero-order chi connectivity index (χ0) is 29.9. The van der Waals surface area contributed by atoms with Crippen LogP contribution in [0.5, 0.6) is 11.5 Å². The van der Waals surface area contributed by atoms with Crippen LogP contribution in [0.1, 0.15) is 29.6 Å². The molecule has 8 heteroatoms. The standard InChI is InChI=1S/C36H39FN4O3/c37-29-21-30(40-17-13-38-14-18-40)23-33(22-29)43-31-10-15-41(16-11-31)36(42)28-7-8-35(44-32-9-12-39-24-32)34(20-28)27-6-5-25-3-1-2-4-26(25)19-27/h1-8,19-23,31-32,38-39H,9-18,24H2/t32-/m0/s1. The summed E-state index contributed by atoms with van der Waals surface area (Å²) in [5.41, 5.74) is 3.46. The van der Waals surface area contributed by atoms with Crippen LogP contribution in [0.4, 0.5) is 10.1 Å². The molecule has 3 aliphatic rings. The number of rotatable bonds is 7. The smallest absolute Gasteiger partial charge is 0.253 e. The van der Waals surface area contributed by atoms with E-state index in [9.17, 15) is 9.18 Å². The summed E-state index contributed by atoms with van der Waals surface area (Å²) in [5, 5.41) is 9.02. The van der Waals surface area contributed by atoms with Gasteiger partial charge in [-0.2, -0.15) is 0 Å². The average molecular weight is 595 g/mol. The molecule has 0 radical (unpaired) electrons. The summed E-state index contributed by atoms with van der Waals surface area (Å²) < 4.78 is 27.2. The third kappa shape index (κ3) is 6.37. The molecule has 4 aromatic rings. The van der Waals surface area contributed by atoms with Crippen LogP contribution in [-0.2, 0) is 0 Å². The van der Waals surface area contributed by atoms with E-state index in [4.69, 9.17) is 9.47 Å². The van der Waals surface area contributed by atoms with Gasteiger partial charge in [-0.05, 0) is 59.6 Å². The number of benzene rings is 4. The van der Waals surface area contributed by atoms with Crippen molar-refractivity contribution in [3.05, 3.63) is 90.2 Å². The Labute approximate surface area is 257 Å². The van der Waals surface area contributed by atoms with E-state index in [1.807, 2.05) is 41.3 Å². The number of nitrogens with one attached hydrogen (secondary N) is 2. The monoisotopic (exact) mass is 594 g/mol. The zero-order valence-electron chi connectivity index (χ0n) is 24.9. The summed E-state index contributed by atoms with van der Waals surface area (Å²) in [6.45, 7) is 6.40. The highest BCUT2D eigenvalue weighted by atomic mass is 19.1. The first-order chi connectivity index (χ1) is 21.6. The number of piperidine rings is 1. The third-order valence-corrected chi connectivity index (χ3v) is 8.97. The number of hydrogen-bond donors (Lipinski definition) is 2. The normalized spacial score (nSPS) is 19.3. The lowest BCUT2D eigenvalue weighted by molar-refractivity contribution is 0.0595. The van der Waals surface area contributed by atoms with Crippen LogP contribution >= 0.6 is 0 Å². The fourth-order valence-corrected chi connectivity index (χ4v) is 6.53. The Morgan fingerprint density at radius 3 is 2.36 bits per heavy atom. The first-order valence-electron chi connectivity index (χ1n) is 15.8. The summed E-state index contributed by atoms with van der Waals surface area (Å²) in [4.78, 5) is 17.8. The van der Waals surface area contributed by atoms with Gasteiger partial charge in [-0.25, -0.2) is 4.39 Å². The van der Waals surface area contributed by atoms with Gasteiger partial charge in [0.15, 0.2) is 0 Å². The Bertz CT molecular complexity index is 1630. The molecule has 7 nitrogen and oxygen atoms in total. The number of nitrogens with zero attached hydrogens (tertiary/aromatic N) is 2. The van der Waals surface area contributed by atoms with E-state index in [1.165, 1.54) is 11.5 Å². The Balaban J connectivity index is 1.06. The summed E-state index contributed by atoms with van der Waals surface area (Å²) in [6, 6.07) is 25.5. The molecular formula is C36H39FN4O3.